The Kier molecular flexibility index (Phi) is 7.63. The summed E-state index contributed by atoms with van der Waals surface area (Å²) < 4.78 is 4.49. The lowest BCUT2D eigenvalue weighted by atomic mass is 9.89. The molecule has 1 saturated carbocycles. The molecule has 0 heterocycles. The fourth-order valence-corrected chi connectivity index (χ4v) is 2.76. The number of hydrogen-bond acceptors (Lipinski definition) is 4. The quantitative estimate of drug-likeness (QED) is 0.336. The topological polar surface area (TPSA) is 84.5 Å². The van der Waals surface area contributed by atoms with Gasteiger partial charge in [-0.1, -0.05) is 31.8 Å². The van der Waals surface area contributed by atoms with Gasteiger partial charge in [0.05, 0.1) is 7.11 Å². The van der Waals surface area contributed by atoms with Gasteiger partial charge >= 0.3 is 5.97 Å². The summed E-state index contributed by atoms with van der Waals surface area (Å²) in [5, 5.41) is 5.72. The average Bonchev–Trinajstić information content (AvgIpc) is 2.72. The van der Waals surface area contributed by atoms with Gasteiger partial charge in [0.1, 0.15) is 5.54 Å². The van der Waals surface area contributed by atoms with E-state index in [1.165, 1.54) is 20.1 Å². The maximum absolute atomic E-state index is 12.5. The van der Waals surface area contributed by atoms with E-state index in [0.29, 0.717) is 25.8 Å². The highest BCUT2D eigenvalue weighted by molar-refractivity contribution is 5.91. The molecule has 0 aromatic carbocycles. The molecule has 124 valence electrons. The first-order chi connectivity index (χ1) is 10.5. The van der Waals surface area contributed by atoms with Crippen LogP contribution < -0.4 is 10.6 Å². The second kappa shape index (κ2) is 9.23. The summed E-state index contributed by atoms with van der Waals surface area (Å²) in [6.45, 7) is 1.87. The van der Waals surface area contributed by atoms with Gasteiger partial charge in [0.2, 0.25) is 11.8 Å². The van der Waals surface area contributed by atoms with E-state index in [9.17, 15) is 14.4 Å². The zero-order chi connectivity index (χ0) is 16.4. The Morgan fingerprint density at radius 2 is 1.77 bits per heavy atom. The molecule has 2 N–H and O–H groups in total. The van der Waals surface area contributed by atoms with Gasteiger partial charge in [-0.25, -0.2) is 4.79 Å². The Morgan fingerprint density at radius 3 is 2.32 bits per heavy atom. The number of methoxy groups -OCH3 is 1. The van der Waals surface area contributed by atoms with Crippen LogP contribution in [0.25, 0.3) is 0 Å². The summed E-state index contributed by atoms with van der Waals surface area (Å²) in [6.07, 6.45) is 8.95. The van der Waals surface area contributed by atoms with Crippen LogP contribution in [-0.2, 0) is 19.1 Å². The minimum absolute atomic E-state index is 0.129. The number of amides is 2. The fraction of sp³-hybridized carbons (Fsp3) is 0.688. The lowest BCUT2D eigenvalue weighted by Crippen LogP contribution is -2.58. The van der Waals surface area contributed by atoms with E-state index >= 15 is 0 Å². The van der Waals surface area contributed by atoms with Crippen molar-refractivity contribution < 1.29 is 19.1 Å². The molecule has 0 saturated heterocycles. The molecule has 0 spiro atoms. The van der Waals surface area contributed by atoms with E-state index in [1.54, 1.807) is 6.08 Å². The van der Waals surface area contributed by atoms with E-state index in [0.717, 1.165) is 25.7 Å². The van der Waals surface area contributed by atoms with Crippen LogP contribution in [0.3, 0.4) is 0 Å². The van der Waals surface area contributed by atoms with Crippen molar-refractivity contribution in [3.8, 4) is 0 Å². The number of ether oxygens (including phenoxy) is 1. The molecule has 1 rings (SSSR count). The van der Waals surface area contributed by atoms with Crippen molar-refractivity contribution in [3.05, 3.63) is 12.2 Å². The highest BCUT2D eigenvalue weighted by Crippen LogP contribution is 2.27. The van der Waals surface area contributed by atoms with Crippen molar-refractivity contribution in [2.24, 2.45) is 0 Å². The van der Waals surface area contributed by atoms with Crippen LogP contribution in [-0.4, -0.2) is 37.0 Å². The first-order valence-corrected chi connectivity index (χ1v) is 7.82. The zero-order valence-electron chi connectivity index (χ0n) is 13.4. The lowest BCUT2D eigenvalue weighted by Gasteiger charge is -2.32. The molecule has 0 aliphatic heterocycles. The van der Waals surface area contributed by atoms with Crippen molar-refractivity contribution in [3.63, 3.8) is 0 Å². The third-order valence-corrected chi connectivity index (χ3v) is 3.86. The van der Waals surface area contributed by atoms with E-state index in [4.69, 9.17) is 0 Å². The second-order valence-electron chi connectivity index (χ2n) is 5.65. The summed E-state index contributed by atoms with van der Waals surface area (Å²) in [5.41, 5.74) is -0.783. The molecular formula is C16H26N2O4. The maximum atomic E-state index is 12.5. The predicted octanol–water partition coefficient (Wildman–Crippen LogP) is 1.45. The number of hydrogen-bond donors (Lipinski definition) is 2. The summed E-state index contributed by atoms with van der Waals surface area (Å²) in [4.78, 5) is 34.9. The van der Waals surface area contributed by atoms with E-state index in [-0.39, 0.29) is 11.8 Å². The molecule has 0 radical (unpaired) electrons. The van der Waals surface area contributed by atoms with Crippen molar-refractivity contribution >= 4 is 17.8 Å². The summed E-state index contributed by atoms with van der Waals surface area (Å²) in [7, 11) is 1.32. The predicted molar refractivity (Wildman–Crippen MR) is 83.0 cm³/mol. The molecular weight excluding hydrogens is 284 g/mol. The molecule has 22 heavy (non-hydrogen) atoms. The molecule has 0 aromatic heterocycles. The van der Waals surface area contributed by atoms with Crippen molar-refractivity contribution in [2.75, 3.05) is 13.7 Å². The summed E-state index contributed by atoms with van der Waals surface area (Å²) in [6, 6.07) is 0. The largest absolute Gasteiger partial charge is 0.466 e. The summed E-state index contributed by atoms with van der Waals surface area (Å²) in [5.74, 6) is -0.719. The smallest absolute Gasteiger partial charge is 0.330 e. The van der Waals surface area contributed by atoms with Crippen LogP contribution in [0.2, 0.25) is 0 Å². The van der Waals surface area contributed by atoms with Gasteiger partial charge in [-0.2, -0.15) is 0 Å². The Morgan fingerprint density at radius 1 is 1.14 bits per heavy atom. The van der Waals surface area contributed by atoms with Crippen molar-refractivity contribution in [1.82, 2.24) is 10.6 Å². The number of carbonyl (C=O) groups is 3. The van der Waals surface area contributed by atoms with Crippen LogP contribution >= 0.6 is 0 Å². The SMILES string of the molecule is COC(=O)/C=C/CCNC(=O)C1(NC(C)=O)CCCCCC1. The van der Waals surface area contributed by atoms with Crippen LogP contribution in [0.5, 0.6) is 0 Å². The van der Waals surface area contributed by atoms with Gasteiger partial charge in [-0.05, 0) is 19.3 Å². The third kappa shape index (κ3) is 5.87. The molecule has 0 unspecified atom stereocenters. The molecule has 0 aromatic rings. The lowest BCUT2D eigenvalue weighted by molar-refractivity contribution is -0.134. The standard InChI is InChI=1S/C16H26N2O4/c1-13(19)18-16(10-6-3-4-7-11-16)15(21)17-12-8-5-9-14(20)22-2/h5,9H,3-4,6-8,10-12H2,1-2H3,(H,17,21)(H,18,19)/b9-5+. The van der Waals surface area contributed by atoms with Crippen LogP contribution in [0.1, 0.15) is 51.9 Å². The van der Waals surface area contributed by atoms with Crippen LogP contribution in [0, 0.1) is 0 Å². The first kappa shape index (κ1) is 18.2. The zero-order valence-corrected chi connectivity index (χ0v) is 13.4. The Balaban J connectivity index is 2.55. The molecule has 1 aliphatic rings. The van der Waals surface area contributed by atoms with E-state index in [1.807, 2.05) is 0 Å². The summed E-state index contributed by atoms with van der Waals surface area (Å²) >= 11 is 0. The highest BCUT2D eigenvalue weighted by atomic mass is 16.5. The number of nitrogens with one attached hydrogen (secondary N) is 2. The monoisotopic (exact) mass is 310 g/mol. The Labute approximate surface area is 131 Å². The average molecular weight is 310 g/mol. The van der Waals surface area contributed by atoms with Gasteiger partial charge < -0.3 is 15.4 Å². The highest BCUT2D eigenvalue weighted by Gasteiger charge is 2.38. The first-order valence-electron chi connectivity index (χ1n) is 7.82. The molecule has 0 bridgehead atoms. The van der Waals surface area contributed by atoms with Crippen LogP contribution in [0.4, 0.5) is 0 Å². The van der Waals surface area contributed by atoms with Gasteiger partial charge in [0.25, 0.3) is 0 Å². The van der Waals surface area contributed by atoms with Crippen LogP contribution in [0.15, 0.2) is 12.2 Å². The van der Waals surface area contributed by atoms with E-state index in [2.05, 4.69) is 15.4 Å². The normalized spacial score (nSPS) is 17.5. The van der Waals surface area contributed by atoms with E-state index < -0.39 is 11.5 Å². The van der Waals surface area contributed by atoms with Crippen molar-refractivity contribution in [1.29, 1.82) is 0 Å². The van der Waals surface area contributed by atoms with Gasteiger partial charge in [0, 0.05) is 19.5 Å². The number of rotatable bonds is 6. The molecule has 6 nitrogen and oxygen atoms in total. The third-order valence-electron chi connectivity index (χ3n) is 3.86. The maximum Gasteiger partial charge on any atom is 0.330 e. The van der Waals surface area contributed by atoms with Gasteiger partial charge in [-0.3, -0.25) is 9.59 Å². The Hall–Kier alpha value is -1.85. The fourth-order valence-electron chi connectivity index (χ4n) is 2.76. The minimum Gasteiger partial charge on any atom is -0.466 e. The number of esters is 1. The molecule has 0 atom stereocenters. The second-order valence-corrected chi connectivity index (χ2v) is 5.65. The molecule has 2 amide bonds. The number of carbonyl (C=O) groups excluding carboxylic acids is 3. The molecule has 1 aliphatic carbocycles. The molecule has 1 fully saturated rings. The van der Waals surface area contributed by atoms with Gasteiger partial charge in [0.15, 0.2) is 0 Å². The Bertz CT molecular complexity index is 424. The van der Waals surface area contributed by atoms with Gasteiger partial charge in [-0.15, -0.1) is 0 Å². The molecule has 6 heteroatoms. The van der Waals surface area contributed by atoms with Crippen molar-refractivity contribution in [2.45, 2.75) is 57.4 Å². The minimum atomic E-state index is -0.783.